The van der Waals surface area contributed by atoms with Crippen LogP contribution >= 0.6 is 0 Å². The molecule has 0 saturated carbocycles. The molecule has 0 amide bonds. The molecule has 1 rings (SSSR count). The van der Waals surface area contributed by atoms with Crippen LogP contribution in [0.1, 0.15) is 0 Å². The Hall–Kier alpha value is 0.203. The van der Waals surface area contributed by atoms with Crippen LogP contribution in [0.25, 0.3) is 0 Å². The topological polar surface area (TPSA) is 0 Å². The Balaban J connectivity index is 2.89. The molecule has 1 aromatic rings. The molecule has 0 aliphatic carbocycles. The second-order valence-electron chi connectivity index (χ2n) is 2.90. The molecule has 0 heterocycles. The van der Waals surface area contributed by atoms with Gasteiger partial charge in [-0.3, -0.25) is 0 Å². The minimum atomic E-state index is -0.546. The van der Waals surface area contributed by atoms with E-state index in [1.165, 1.54) is 3.69 Å². The van der Waals surface area contributed by atoms with Gasteiger partial charge in [-0.1, -0.05) is 0 Å². The molecule has 0 unspecified atom stereocenters. The van der Waals surface area contributed by atoms with Crippen molar-refractivity contribution in [1.29, 1.82) is 0 Å². The van der Waals surface area contributed by atoms with Crippen LogP contribution in [0.3, 0.4) is 0 Å². The molecule has 2 heteroatoms. The fourth-order valence-electron chi connectivity index (χ4n) is 0.903. The van der Waals surface area contributed by atoms with Gasteiger partial charge >= 0.3 is 76.7 Å². The molecule has 0 spiro atoms. The van der Waals surface area contributed by atoms with E-state index < -0.39 is 8.80 Å². The van der Waals surface area contributed by atoms with Gasteiger partial charge in [0.15, 0.2) is 0 Å². The Morgan fingerprint density at radius 3 is 2.00 bits per heavy atom. The summed E-state index contributed by atoms with van der Waals surface area (Å²) in [6.07, 6.45) is 0. The van der Waals surface area contributed by atoms with E-state index in [0.717, 1.165) is 0 Å². The van der Waals surface area contributed by atoms with Crippen LogP contribution in [-0.2, 0) is 0 Å². The van der Waals surface area contributed by atoms with Crippen molar-refractivity contribution >= 4 is 39.4 Å². The molecule has 0 N–H and O–H groups in total. The van der Waals surface area contributed by atoms with Gasteiger partial charge in [0.25, 0.3) is 0 Å². The second kappa shape index (κ2) is 3.55. The average Bonchev–Trinajstić information content (AvgIpc) is 1.88. The van der Waals surface area contributed by atoms with Crippen LogP contribution in [0.5, 0.6) is 0 Å². The number of benzene rings is 1. The van der Waals surface area contributed by atoms with Crippen LogP contribution in [0.2, 0.25) is 13.1 Å². The third-order valence-corrected chi connectivity index (χ3v) is 3.84. The van der Waals surface area contributed by atoms with Crippen LogP contribution < -0.4 is 8.88 Å². The molecule has 1 aromatic carbocycles. The van der Waals surface area contributed by atoms with Gasteiger partial charge < -0.3 is 0 Å². The third-order valence-electron chi connectivity index (χ3n) is 1.65. The molecule has 0 atom stereocenters. The zero-order valence-corrected chi connectivity index (χ0v) is 9.16. The van der Waals surface area contributed by atoms with Crippen LogP contribution in [-0.4, -0.2) is 30.5 Å². The first kappa shape index (κ1) is 8.30. The summed E-state index contributed by atoms with van der Waals surface area (Å²) in [5, 5.41) is 1.57. The van der Waals surface area contributed by atoms with Crippen molar-refractivity contribution in [3.8, 4) is 0 Å². The van der Waals surface area contributed by atoms with E-state index >= 15 is 0 Å². The SMILES string of the molecule is C[SiH](C)c1cc[c]([Mg+])cc1. The van der Waals surface area contributed by atoms with Crippen molar-refractivity contribution in [2.45, 2.75) is 13.1 Å². The molecule has 48 valence electrons. The van der Waals surface area contributed by atoms with Crippen molar-refractivity contribution in [2.75, 3.05) is 0 Å². The fraction of sp³-hybridized carbons (Fsp3) is 0.250. The first-order valence-electron chi connectivity index (χ1n) is 3.62. The molecule has 0 fully saturated rings. The Morgan fingerprint density at radius 2 is 1.60 bits per heavy atom. The molecule has 0 radical (unpaired) electrons. The van der Waals surface area contributed by atoms with Gasteiger partial charge in [0, 0.05) is 0 Å². The predicted molar refractivity (Wildman–Crippen MR) is 50.3 cm³/mol. The van der Waals surface area contributed by atoms with Crippen LogP contribution in [0.4, 0.5) is 0 Å². The van der Waals surface area contributed by atoms with Crippen molar-refractivity contribution in [1.82, 2.24) is 0 Å². The average molecular weight is 160 g/mol. The van der Waals surface area contributed by atoms with Gasteiger partial charge in [-0.25, -0.2) is 0 Å². The standard InChI is InChI=1S/C8H11Si.Mg/c1-9(2)8-6-4-3-5-7-8;/h4-7,9H,1-2H3;/q;+1. The number of hydrogen-bond donors (Lipinski definition) is 0. The third kappa shape index (κ3) is 2.11. The zero-order chi connectivity index (χ0) is 7.56. The summed E-state index contributed by atoms with van der Waals surface area (Å²) in [6.45, 7) is 4.71. The summed E-state index contributed by atoms with van der Waals surface area (Å²) in [5.41, 5.74) is 0. The number of hydrogen-bond acceptors (Lipinski definition) is 0. The van der Waals surface area contributed by atoms with Crippen LogP contribution in [0.15, 0.2) is 24.3 Å². The summed E-state index contributed by atoms with van der Waals surface area (Å²) in [6, 6.07) is 8.94. The normalized spacial score (nSPS) is 10.5. The summed E-state index contributed by atoms with van der Waals surface area (Å²) in [7, 11) is -0.546. The van der Waals surface area contributed by atoms with Crippen molar-refractivity contribution in [3.63, 3.8) is 0 Å². The Bertz CT molecular complexity index is 203. The molecule has 0 saturated heterocycles. The fourth-order valence-corrected chi connectivity index (χ4v) is 2.10. The van der Waals surface area contributed by atoms with Crippen molar-refractivity contribution in [2.24, 2.45) is 0 Å². The summed E-state index contributed by atoms with van der Waals surface area (Å²) < 4.78 is 1.39. The van der Waals surface area contributed by atoms with Gasteiger partial charge in [-0.05, 0) is 0 Å². The first-order valence-corrected chi connectivity index (χ1v) is 7.21. The molecule has 0 aromatic heterocycles. The van der Waals surface area contributed by atoms with Gasteiger partial charge in [0.1, 0.15) is 0 Å². The molecular weight excluding hydrogens is 148 g/mol. The van der Waals surface area contributed by atoms with Gasteiger partial charge in [-0.15, -0.1) is 0 Å². The maximum absolute atomic E-state index is 2.35. The van der Waals surface area contributed by atoms with Gasteiger partial charge in [0.05, 0.1) is 0 Å². The van der Waals surface area contributed by atoms with E-state index in [0.29, 0.717) is 0 Å². The maximum atomic E-state index is 2.35. The Morgan fingerprint density at radius 1 is 1.10 bits per heavy atom. The van der Waals surface area contributed by atoms with Crippen molar-refractivity contribution in [3.05, 3.63) is 24.3 Å². The van der Waals surface area contributed by atoms with Gasteiger partial charge in [-0.2, -0.15) is 0 Å². The van der Waals surface area contributed by atoms with Gasteiger partial charge in [0.2, 0.25) is 0 Å². The van der Waals surface area contributed by atoms with E-state index in [1.54, 1.807) is 5.19 Å². The van der Waals surface area contributed by atoms with E-state index in [-0.39, 0.29) is 0 Å². The van der Waals surface area contributed by atoms with Crippen molar-refractivity contribution < 1.29 is 0 Å². The minimum absolute atomic E-state index is 0.546. The quantitative estimate of drug-likeness (QED) is 0.513. The molecule has 0 aliphatic rings. The summed E-state index contributed by atoms with van der Waals surface area (Å²) >= 11 is 1.94. The molecule has 0 bridgehead atoms. The van der Waals surface area contributed by atoms with E-state index in [4.69, 9.17) is 0 Å². The van der Waals surface area contributed by atoms with Crippen LogP contribution in [0, 0.1) is 0 Å². The monoisotopic (exact) mass is 159 g/mol. The number of rotatable bonds is 1. The van der Waals surface area contributed by atoms with E-state index in [9.17, 15) is 0 Å². The predicted octanol–water partition coefficient (Wildman–Crippen LogP) is 0.174. The zero-order valence-electron chi connectivity index (χ0n) is 6.59. The van der Waals surface area contributed by atoms with E-state index in [1.807, 2.05) is 21.7 Å². The molecular formula is C8H11MgSi+. The Labute approximate surface area is 76.7 Å². The summed E-state index contributed by atoms with van der Waals surface area (Å²) in [5.74, 6) is 0. The molecule has 0 aliphatic heterocycles. The molecule has 10 heavy (non-hydrogen) atoms. The Kier molecular flexibility index (Phi) is 2.95. The first-order chi connectivity index (χ1) is 4.70. The van der Waals surface area contributed by atoms with E-state index in [2.05, 4.69) is 37.4 Å². The second-order valence-corrected chi connectivity index (χ2v) is 6.69. The summed E-state index contributed by atoms with van der Waals surface area (Å²) in [4.78, 5) is 0. The molecule has 0 nitrogen and oxygen atoms in total.